The quantitative estimate of drug-likeness (QED) is 0.802. The van der Waals surface area contributed by atoms with Crippen molar-refractivity contribution in [1.82, 2.24) is 0 Å². The third-order valence-electron chi connectivity index (χ3n) is 3.83. The van der Waals surface area contributed by atoms with Gasteiger partial charge in [-0.15, -0.1) is 0 Å². The SMILES string of the molecule is NS(=O)(=O)CC1CCOC2(CCCCC2)C1. The van der Waals surface area contributed by atoms with E-state index >= 15 is 0 Å². The molecule has 5 heteroatoms. The Labute approximate surface area is 97.6 Å². The first kappa shape index (κ1) is 12.3. The third-order valence-corrected chi connectivity index (χ3v) is 4.76. The molecule has 0 radical (unpaired) electrons. The first-order valence-corrected chi connectivity index (χ1v) is 7.85. The van der Waals surface area contributed by atoms with Crippen LogP contribution in [-0.2, 0) is 14.8 Å². The summed E-state index contributed by atoms with van der Waals surface area (Å²) in [7, 11) is -3.33. The molecule has 1 aliphatic carbocycles. The summed E-state index contributed by atoms with van der Waals surface area (Å²) in [6.45, 7) is 0.695. The maximum absolute atomic E-state index is 11.1. The lowest BCUT2D eigenvalue weighted by Gasteiger charge is -2.43. The minimum atomic E-state index is -3.33. The molecule has 1 saturated heterocycles. The lowest BCUT2D eigenvalue weighted by molar-refractivity contribution is -0.114. The van der Waals surface area contributed by atoms with Crippen molar-refractivity contribution in [1.29, 1.82) is 0 Å². The van der Waals surface area contributed by atoms with Crippen molar-refractivity contribution >= 4 is 10.0 Å². The summed E-state index contributed by atoms with van der Waals surface area (Å²) in [6.07, 6.45) is 7.60. The molecular formula is C11H21NO3S. The number of nitrogens with two attached hydrogens (primary N) is 1. The predicted octanol–water partition coefficient (Wildman–Crippen LogP) is 1.40. The van der Waals surface area contributed by atoms with E-state index < -0.39 is 10.0 Å². The van der Waals surface area contributed by atoms with Crippen molar-refractivity contribution in [3.63, 3.8) is 0 Å². The monoisotopic (exact) mass is 247 g/mol. The highest BCUT2D eigenvalue weighted by Crippen LogP contribution is 2.40. The molecule has 94 valence electrons. The first-order chi connectivity index (χ1) is 7.49. The molecule has 1 aliphatic heterocycles. The second kappa shape index (κ2) is 4.63. The van der Waals surface area contributed by atoms with Crippen molar-refractivity contribution in [3.05, 3.63) is 0 Å². The van der Waals surface area contributed by atoms with Crippen LogP contribution in [0.4, 0.5) is 0 Å². The molecular weight excluding hydrogens is 226 g/mol. The average molecular weight is 247 g/mol. The highest BCUT2D eigenvalue weighted by molar-refractivity contribution is 7.89. The van der Waals surface area contributed by atoms with Gasteiger partial charge in [0.2, 0.25) is 10.0 Å². The number of sulfonamides is 1. The highest BCUT2D eigenvalue weighted by Gasteiger charge is 2.39. The lowest BCUT2D eigenvalue weighted by atomic mass is 9.76. The summed E-state index contributed by atoms with van der Waals surface area (Å²) in [5.41, 5.74) is -0.0220. The molecule has 1 spiro atoms. The zero-order valence-electron chi connectivity index (χ0n) is 9.65. The molecule has 1 saturated carbocycles. The van der Waals surface area contributed by atoms with E-state index in [-0.39, 0.29) is 17.3 Å². The molecule has 1 atom stereocenters. The van der Waals surface area contributed by atoms with Crippen molar-refractivity contribution in [2.24, 2.45) is 11.1 Å². The minimum absolute atomic E-state index is 0.0220. The van der Waals surface area contributed by atoms with Crippen molar-refractivity contribution in [2.45, 2.75) is 50.5 Å². The van der Waals surface area contributed by atoms with Gasteiger partial charge in [0.1, 0.15) is 0 Å². The summed E-state index contributed by atoms with van der Waals surface area (Å²) in [6, 6.07) is 0. The Morgan fingerprint density at radius 3 is 2.56 bits per heavy atom. The Bertz CT molecular complexity index is 328. The smallest absolute Gasteiger partial charge is 0.209 e. The van der Waals surface area contributed by atoms with Crippen molar-refractivity contribution < 1.29 is 13.2 Å². The lowest BCUT2D eigenvalue weighted by Crippen LogP contribution is -2.43. The Morgan fingerprint density at radius 1 is 1.25 bits per heavy atom. The molecule has 0 amide bonds. The van der Waals surface area contributed by atoms with Gasteiger partial charge in [-0.3, -0.25) is 0 Å². The number of ether oxygens (including phenoxy) is 1. The van der Waals surface area contributed by atoms with Gasteiger partial charge in [-0.25, -0.2) is 13.6 Å². The topological polar surface area (TPSA) is 69.4 Å². The molecule has 0 aromatic heterocycles. The van der Waals surface area contributed by atoms with Crippen LogP contribution in [0, 0.1) is 5.92 Å². The molecule has 2 fully saturated rings. The molecule has 0 aromatic rings. The molecule has 2 aliphatic rings. The van der Waals surface area contributed by atoms with E-state index in [9.17, 15) is 8.42 Å². The van der Waals surface area contributed by atoms with Crippen LogP contribution in [0.3, 0.4) is 0 Å². The maximum Gasteiger partial charge on any atom is 0.209 e. The normalized spacial score (nSPS) is 30.4. The van der Waals surface area contributed by atoms with Gasteiger partial charge in [-0.1, -0.05) is 19.3 Å². The van der Waals surface area contributed by atoms with E-state index in [1.165, 1.54) is 19.3 Å². The molecule has 1 heterocycles. The Kier molecular flexibility index (Phi) is 3.56. The van der Waals surface area contributed by atoms with Crippen LogP contribution in [0.5, 0.6) is 0 Å². The van der Waals surface area contributed by atoms with Gasteiger partial charge in [0, 0.05) is 6.61 Å². The number of hydrogen-bond acceptors (Lipinski definition) is 3. The highest BCUT2D eigenvalue weighted by atomic mass is 32.2. The summed E-state index contributed by atoms with van der Waals surface area (Å²) in [5.74, 6) is 0.319. The van der Waals surface area contributed by atoms with Crippen LogP contribution in [0.25, 0.3) is 0 Å². The van der Waals surface area contributed by atoms with Crippen molar-refractivity contribution in [2.75, 3.05) is 12.4 Å². The van der Waals surface area contributed by atoms with E-state index in [0.717, 1.165) is 25.7 Å². The number of rotatable bonds is 2. The van der Waals surface area contributed by atoms with Gasteiger partial charge in [0.15, 0.2) is 0 Å². The van der Waals surface area contributed by atoms with Crippen LogP contribution in [0.1, 0.15) is 44.9 Å². The molecule has 0 bridgehead atoms. The van der Waals surface area contributed by atoms with Crippen LogP contribution >= 0.6 is 0 Å². The van der Waals surface area contributed by atoms with E-state index in [2.05, 4.69) is 0 Å². The van der Waals surface area contributed by atoms with Crippen LogP contribution < -0.4 is 5.14 Å². The minimum Gasteiger partial charge on any atom is -0.375 e. The largest absolute Gasteiger partial charge is 0.375 e. The molecule has 1 unspecified atom stereocenters. The van der Waals surface area contributed by atoms with Crippen molar-refractivity contribution in [3.8, 4) is 0 Å². The molecule has 0 aromatic carbocycles. The fourth-order valence-electron chi connectivity index (χ4n) is 3.14. The number of primary sulfonamides is 1. The zero-order chi connectivity index (χ0) is 11.6. The standard InChI is InChI=1S/C11H21NO3S/c12-16(13,14)9-10-4-7-15-11(8-10)5-2-1-3-6-11/h10H,1-9H2,(H2,12,13,14). The van der Waals surface area contributed by atoms with Gasteiger partial charge in [-0.05, 0) is 31.6 Å². The zero-order valence-corrected chi connectivity index (χ0v) is 10.5. The van der Waals surface area contributed by atoms with Gasteiger partial charge in [0.05, 0.1) is 11.4 Å². The van der Waals surface area contributed by atoms with Gasteiger partial charge < -0.3 is 4.74 Å². The Morgan fingerprint density at radius 2 is 1.94 bits per heavy atom. The van der Waals surface area contributed by atoms with Crippen LogP contribution in [-0.4, -0.2) is 26.4 Å². The Hall–Kier alpha value is -0.130. The predicted molar refractivity (Wildman–Crippen MR) is 62.5 cm³/mol. The van der Waals surface area contributed by atoms with Gasteiger partial charge >= 0.3 is 0 Å². The first-order valence-electron chi connectivity index (χ1n) is 6.14. The molecule has 2 N–H and O–H groups in total. The third kappa shape index (κ3) is 3.18. The van der Waals surface area contributed by atoms with Gasteiger partial charge in [-0.2, -0.15) is 0 Å². The van der Waals surface area contributed by atoms with E-state index in [4.69, 9.17) is 9.88 Å². The summed E-state index contributed by atoms with van der Waals surface area (Å²) < 4.78 is 28.1. The van der Waals surface area contributed by atoms with Crippen LogP contribution in [0.15, 0.2) is 0 Å². The summed E-state index contributed by atoms with van der Waals surface area (Å²) in [5, 5.41) is 5.12. The van der Waals surface area contributed by atoms with E-state index in [1.807, 2.05) is 0 Å². The summed E-state index contributed by atoms with van der Waals surface area (Å²) >= 11 is 0. The Balaban J connectivity index is 1.98. The summed E-state index contributed by atoms with van der Waals surface area (Å²) in [4.78, 5) is 0. The van der Waals surface area contributed by atoms with Crippen LogP contribution in [0.2, 0.25) is 0 Å². The molecule has 16 heavy (non-hydrogen) atoms. The van der Waals surface area contributed by atoms with Gasteiger partial charge in [0.25, 0.3) is 0 Å². The molecule has 4 nitrogen and oxygen atoms in total. The van der Waals surface area contributed by atoms with E-state index in [0.29, 0.717) is 6.61 Å². The van der Waals surface area contributed by atoms with E-state index in [1.54, 1.807) is 0 Å². The fourth-order valence-corrected chi connectivity index (χ4v) is 4.09. The second-order valence-corrected chi connectivity index (χ2v) is 6.94. The number of hydrogen-bond donors (Lipinski definition) is 1. The average Bonchev–Trinajstić information content (AvgIpc) is 2.16. The molecule has 2 rings (SSSR count). The maximum atomic E-state index is 11.1. The second-order valence-electron chi connectivity index (χ2n) is 5.28. The fraction of sp³-hybridized carbons (Fsp3) is 1.00.